The second-order valence-corrected chi connectivity index (χ2v) is 8.47. The van der Waals surface area contributed by atoms with Crippen LogP contribution in [0.25, 0.3) is 6.08 Å². The maximum absolute atomic E-state index is 13.0. The van der Waals surface area contributed by atoms with Gasteiger partial charge in [-0.25, -0.2) is 9.78 Å². The van der Waals surface area contributed by atoms with Crippen molar-refractivity contribution in [2.75, 3.05) is 6.54 Å². The van der Waals surface area contributed by atoms with E-state index in [0.29, 0.717) is 39.5 Å². The molecule has 30 heavy (non-hydrogen) atoms. The first kappa shape index (κ1) is 22.0. The van der Waals surface area contributed by atoms with Gasteiger partial charge in [0.25, 0.3) is 5.91 Å². The quantitative estimate of drug-likeness (QED) is 0.592. The van der Waals surface area contributed by atoms with Crippen LogP contribution in [0.15, 0.2) is 39.5 Å². The predicted molar refractivity (Wildman–Crippen MR) is 120 cm³/mol. The summed E-state index contributed by atoms with van der Waals surface area (Å²) in [6.07, 6.45) is 1.92. The molecule has 1 saturated heterocycles. The summed E-state index contributed by atoms with van der Waals surface area (Å²) in [4.78, 5) is 35.5. The van der Waals surface area contributed by atoms with Gasteiger partial charge < -0.3 is 9.84 Å². The number of aliphatic imine (C=N–C) groups is 1. The number of carbonyl (C=O) groups excluding carboxylic acids is 1. The average molecular weight is 446 g/mol. The van der Waals surface area contributed by atoms with Crippen LogP contribution in [0.3, 0.4) is 0 Å². The number of amidine groups is 1. The Morgan fingerprint density at radius 2 is 2.13 bits per heavy atom. The van der Waals surface area contributed by atoms with E-state index in [0.717, 1.165) is 12.1 Å². The lowest BCUT2D eigenvalue weighted by Crippen LogP contribution is -2.29. The average Bonchev–Trinajstić information content (AvgIpc) is 3.25. The highest BCUT2D eigenvalue weighted by Gasteiger charge is 2.33. The van der Waals surface area contributed by atoms with Gasteiger partial charge in [-0.2, -0.15) is 4.99 Å². The molecule has 2 aromatic rings. The lowest BCUT2D eigenvalue weighted by Gasteiger charge is -2.15. The van der Waals surface area contributed by atoms with E-state index in [4.69, 9.17) is 4.74 Å². The first-order valence-electron chi connectivity index (χ1n) is 9.63. The molecule has 1 aliphatic heterocycles. The zero-order valence-electron chi connectivity index (χ0n) is 17.0. The number of aliphatic carboxylic acids is 1. The molecule has 1 amide bonds. The second-order valence-electron chi connectivity index (χ2n) is 6.62. The lowest BCUT2D eigenvalue weighted by atomic mass is 10.1. The Kier molecular flexibility index (Phi) is 7.28. The molecule has 7 nitrogen and oxygen atoms in total. The maximum Gasteiger partial charge on any atom is 0.344 e. The van der Waals surface area contributed by atoms with Crippen LogP contribution in [-0.2, 0) is 9.59 Å². The van der Waals surface area contributed by atoms with Crippen LogP contribution >= 0.6 is 23.1 Å². The summed E-state index contributed by atoms with van der Waals surface area (Å²) in [6.45, 7) is 6.22. The fourth-order valence-electron chi connectivity index (χ4n) is 2.80. The minimum atomic E-state index is -1.02. The number of carbonyl (C=O) groups is 2. The molecule has 3 rings (SSSR count). The molecule has 0 radical (unpaired) electrons. The molecular weight excluding hydrogens is 422 g/mol. The summed E-state index contributed by atoms with van der Waals surface area (Å²) in [5.41, 5.74) is 1.54. The summed E-state index contributed by atoms with van der Waals surface area (Å²) in [7, 11) is 0. The van der Waals surface area contributed by atoms with Crippen LogP contribution in [0.4, 0.5) is 5.13 Å². The summed E-state index contributed by atoms with van der Waals surface area (Å²) in [6, 6.07) is 7.10. The number of para-hydroxylation sites is 1. The number of amides is 1. The highest BCUT2D eigenvalue weighted by molar-refractivity contribution is 8.18. The van der Waals surface area contributed by atoms with Crippen LogP contribution in [0.5, 0.6) is 5.75 Å². The first-order chi connectivity index (χ1) is 14.4. The van der Waals surface area contributed by atoms with Crippen molar-refractivity contribution in [2.24, 2.45) is 4.99 Å². The normalized spacial score (nSPS) is 17.7. The van der Waals surface area contributed by atoms with Crippen molar-refractivity contribution < 1.29 is 19.4 Å². The molecule has 1 aromatic heterocycles. The minimum absolute atomic E-state index is 0.131. The van der Waals surface area contributed by atoms with E-state index in [2.05, 4.69) is 9.98 Å². The zero-order valence-corrected chi connectivity index (χ0v) is 18.6. The monoisotopic (exact) mass is 445 g/mol. The van der Waals surface area contributed by atoms with Crippen molar-refractivity contribution in [1.29, 1.82) is 0 Å². The van der Waals surface area contributed by atoms with Crippen LogP contribution in [-0.4, -0.2) is 44.7 Å². The third-order valence-corrected chi connectivity index (χ3v) is 6.11. The van der Waals surface area contributed by atoms with Gasteiger partial charge in [0.2, 0.25) is 5.13 Å². The summed E-state index contributed by atoms with van der Waals surface area (Å²) >= 11 is 2.72. The van der Waals surface area contributed by atoms with Gasteiger partial charge in [-0.1, -0.05) is 32.0 Å². The van der Waals surface area contributed by atoms with E-state index in [1.165, 1.54) is 23.1 Å². The van der Waals surface area contributed by atoms with Gasteiger partial charge in [-0.15, -0.1) is 11.3 Å². The van der Waals surface area contributed by atoms with E-state index in [-0.39, 0.29) is 5.91 Å². The standard InChI is InChI=1S/C21H23N3O4S2/c1-4-10-24-18(25)17(30-21(24)23-20-22-13(3)12-29-20)11-14-8-6-7-9-16(14)28-15(5-2)19(26)27/h6-9,11-12,15H,4-5,10H2,1-3H3,(H,26,27)/b17-11+,23-21+. The third kappa shape index (κ3) is 5.09. The summed E-state index contributed by atoms with van der Waals surface area (Å²) in [5.74, 6) is -0.724. The van der Waals surface area contributed by atoms with Gasteiger partial charge in [0.05, 0.1) is 10.6 Å². The van der Waals surface area contributed by atoms with Gasteiger partial charge >= 0.3 is 5.97 Å². The van der Waals surface area contributed by atoms with Gasteiger partial charge in [-0.05, 0) is 43.7 Å². The molecule has 2 heterocycles. The first-order valence-corrected chi connectivity index (χ1v) is 11.3. The number of benzene rings is 1. The molecule has 1 aliphatic rings. The number of thioether (sulfide) groups is 1. The largest absolute Gasteiger partial charge is 0.479 e. The van der Waals surface area contributed by atoms with Crippen molar-refractivity contribution in [1.82, 2.24) is 9.88 Å². The van der Waals surface area contributed by atoms with Gasteiger partial charge in [0.1, 0.15) is 5.75 Å². The lowest BCUT2D eigenvalue weighted by molar-refractivity contribution is -0.145. The molecule has 1 fully saturated rings. The summed E-state index contributed by atoms with van der Waals surface area (Å²) < 4.78 is 5.68. The molecule has 1 N–H and O–H groups in total. The number of aromatic nitrogens is 1. The van der Waals surface area contributed by atoms with Crippen molar-refractivity contribution in [3.05, 3.63) is 45.8 Å². The fourth-order valence-corrected chi connectivity index (χ4v) is 4.52. The second kappa shape index (κ2) is 9.90. The van der Waals surface area contributed by atoms with Gasteiger partial charge in [-0.3, -0.25) is 9.69 Å². The number of rotatable bonds is 8. The molecule has 1 aromatic carbocycles. The SMILES string of the molecule is CCCN1C(=O)/C(=C\c2ccccc2OC(CC)C(=O)O)S/C1=N/c1nc(C)cs1. The highest BCUT2D eigenvalue weighted by atomic mass is 32.2. The van der Waals surface area contributed by atoms with Gasteiger partial charge in [0, 0.05) is 17.5 Å². The van der Waals surface area contributed by atoms with Crippen molar-refractivity contribution in [3.8, 4) is 5.75 Å². The number of hydrogen-bond donors (Lipinski definition) is 1. The van der Waals surface area contributed by atoms with Crippen LogP contribution in [0.1, 0.15) is 37.9 Å². The Labute approximate surface area is 183 Å². The predicted octanol–water partition coefficient (Wildman–Crippen LogP) is 4.71. The number of nitrogens with zero attached hydrogens (tertiary/aromatic N) is 3. The number of carboxylic acids is 1. The molecule has 1 atom stereocenters. The number of thiazole rings is 1. The number of carboxylic acid groups (broad SMARTS) is 1. The third-order valence-electron chi connectivity index (χ3n) is 4.25. The molecule has 0 saturated carbocycles. The Morgan fingerprint density at radius 3 is 2.77 bits per heavy atom. The molecule has 1 unspecified atom stereocenters. The highest BCUT2D eigenvalue weighted by Crippen LogP contribution is 2.36. The van der Waals surface area contributed by atoms with Crippen LogP contribution in [0, 0.1) is 6.92 Å². The van der Waals surface area contributed by atoms with Crippen LogP contribution in [0.2, 0.25) is 0 Å². The maximum atomic E-state index is 13.0. The van der Waals surface area contributed by atoms with E-state index >= 15 is 0 Å². The molecule has 0 aliphatic carbocycles. The smallest absolute Gasteiger partial charge is 0.344 e. The molecule has 9 heteroatoms. The molecular formula is C21H23N3O4S2. The fraction of sp³-hybridized carbons (Fsp3) is 0.333. The number of hydrogen-bond acceptors (Lipinski definition) is 7. The zero-order chi connectivity index (χ0) is 21.7. The minimum Gasteiger partial charge on any atom is -0.479 e. The Morgan fingerprint density at radius 1 is 1.37 bits per heavy atom. The van der Waals surface area contributed by atoms with Gasteiger partial charge in [0.15, 0.2) is 11.3 Å². The Balaban J connectivity index is 1.93. The topological polar surface area (TPSA) is 92.1 Å². The number of ether oxygens (including phenoxy) is 1. The van der Waals surface area contributed by atoms with E-state index in [1.807, 2.05) is 25.3 Å². The van der Waals surface area contributed by atoms with E-state index in [1.54, 1.807) is 36.1 Å². The van der Waals surface area contributed by atoms with Crippen molar-refractivity contribution in [2.45, 2.75) is 39.7 Å². The van der Waals surface area contributed by atoms with Crippen molar-refractivity contribution >= 4 is 51.4 Å². The van der Waals surface area contributed by atoms with E-state index < -0.39 is 12.1 Å². The molecule has 158 valence electrons. The van der Waals surface area contributed by atoms with E-state index in [9.17, 15) is 14.7 Å². The summed E-state index contributed by atoms with van der Waals surface area (Å²) in [5, 5.41) is 12.4. The molecule has 0 bridgehead atoms. The number of aryl methyl sites for hydroxylation is 1. The molecule has 0 spiro atoms. The Hall–Kier alpha value is -2.65. The Bertz CT molecular complexity index is 1000. The van der Waals surface area contributed by atoms with Crippen LogP contribution < -0.4 is 4.74 Å². The van der Waals surface area contributed by atoms with Crippen molar-refractivity contribution in [3.63, 3.8) is 0 Å².